The molecule has 2 aromatic carbocycles. The first-order valence-electron chi connectivity index (χ1n) is 9.16. The van der Waals surface area contributed by atoms with E-state index < -0.39 is 8.96 Å². The summed E-state index contributed by atoms with van der Waals surface area (Å²) in [6.07, 6.45) is 0.838. The molecule has 0 unspecified atom stereocenters. The van der Waals surface area contributed by atoms with Crippen LogP contribution in [0, 0.1) is 0 Å². The van der Waals surface area contributed by atoms with Gasteiger partial charge in [0.1, 0.15) is 8.96 Å². The Kier molecular flexibility index (Phi) is 5.35. The first-order chi connectivity index (χ1) is 12.1. The van der Waals surface area contributed by atoms with E-state index in [1.807, 2.05) is 36.4 Å². The quantitative estimate of drug-likeness (QED) is 0.564. The molecule has 0 saturated carbocycles. The molecule has 25 heavy (non-hydrogen) atoms. The summed E-state index contributed by atoms with van der Waals surface area (Å²) in [7, 11) is 1.35. The second kappa shape index (κ2) is 7.50. The number of hydrogen-bond donors (Lipinski definition) is 0. The van der Waals surface area contributed by atoms with Crippen LogP contribution in [0.5, 0.6) is 0 Å². The average Bonchev–Trinajstić information content (AvgIpc) is 2.85. The van der Waals surface area contributed by atoms with E-state index in [1.54, 1.807) is 0 Å². The molecule has 2 aromatic rings. The summed E-state index contributed by atoms with van der Waals surface area (Å²) in [6, 6.07) is 14.1. The van der Waals surface area contributed by atoms with Crippen molar-refractivity contribution >= 4 is 31.5 Å². The van der Waals surface area contributed by atoms with Crippen molar-refractivity contribution in [1.82, 2.24) is 9.47 Å². The van der Waals surface area contributed by atoms with Gasteiger partial charge in [0.2, 0.25) is 0 Å². The molecule has 2 amide bonds. The summed E-state index contributed by atoms with van der Waals surface area (Å²) in [4.78, 5) is 26.8. The van der Waals surface area contributed by atoms with Crippen molar-refractivity contribution in [2.45, 2.75) is 32.4 Å². The van der Waals surface area contributed by atoms with Gasteiger partial charge in [-0.2, -0.15) is 0 Å². The van der Waals surface area contributed by atoms with E-state index in [-0.39, 0.29) is 11.8 Å². The fourth-order valence-electron chi connectivity index (χ4n) is 3.75. The van der Waals surface area contributed by atoms with Crippen LogP contribution in [0.4, 0.5) is 0 Å². The van der Waals surface area contributed by atoms with Gasteiger partial charge in [0.05, 0.1) is 11.1 Å². The number of rotatable bonds is 7. The van der Waals surface area contributed by atoms with E-state index in [0.717, 1.165) is 23.7 Å². The Balaban J connectivity index is 1.71. The molecule has 132 valence electrons. The van der Waals surface area contributed by atoms with Gasteiger partial charge in [0.15, 0.2) is 0 Å². The fraction of sp³-hybridized carbons (Fsp3) is 0.400. The number of hydrogen-bond acceptors (Lipinski definition) is 3. The van der Waals surface area contributed by atoms with Crippen LogP contribution in [-0.2, 0) is 0 Å². The normalized spacial score (nSPS) is 14.2. The van der Waals surface area contributed by atoms with Crippen molar-refractivity contribution in [2.24, 2.45) is 0 Å². The fourth-order valence-corrected chi connectivity index (χ4v) is 6.12. The predicted molar refractivity (Wildman–Crippen MR) is 105 cm³/mol. The molecule has 1 aliphatic heterocycles. The van der Waals surface area contributed by atoms with Gasteiger partial charge in [-0.05, 0) is 55.0 Å². The Hall–Kier alpha value is -1.98. The van der Waals surface area contributed by atoms with Gasteiger partial charge >= 0.3 is 0 Å². The van der Waals surface area contributed by atoms with E-state index >= 15 is 0 Å². The third kappa shape index (κ3) is 3.39. The number of fused-ring (bicyclic) bond motifs is 2. The number of amides is 2. The first kappa shape index (κ1) is 17.8. The summed E-state index contributed by atoms with van der Waals surface area (Å²) in [5.74, 6) is -0.290. The molecule has 0 aromatic heterocycles. The van der Waals surface area contributed by atoms with Crippen LogP contribution in [0.2, 0.25) is 12.1 Å². The predicted octanol–water partition coefficient (Wildman–Crippen LogP) is 3.52. The van der Waals surface area contributed by atoms with E-state index in [2.05, 4.69) is 25.5 Å². The zero-order valence-corrected chi connectivity index (χ0v) is 16.4. The van der Waals surface area contributed by atoms with Crippen molar-refractivity contribution in [3.05, 3.63) is 47.5 Å². The Morgan fingerprint density at radius 1 is 0.960 bits per heavy atom. The molecule has 0 atom stereocenters. The maximum Gasteiger partial charge on any atom is 0.261 e. The first-order valence-corrected chi connectivity index (χ1v) is 11.3. The van der Waals surface area contributed by atoms with Crippen molar-refractivity contribution in [3.63, 3.8) is 0 Å². The van der Waals surface area contributed by atoms with Gasteiger partial charge in [0, 0.05) is 6.54 Å². The van der Waals surface area contributed by atoms with E-state index in [4.69, 9.17) is 0 Å². The minimum absolute atomic E-state index is 0.145. The van der Waals surface area contributed by atoms with Gasteiger partial charge < -0.3 is 4.57 Å². The molecule has 0 bridgehead atoms. The molecular formula is C20H26N2O2Si. The monoisotopic (exact) mass is 354 g/mol. The Labute approximate surface area is 151 Å². The summed E-state index contributed by atoms with van der Waals surface area (Å²) < 4.78 is 2.46. The standard InChI is InChI=1S/C20H26N2O2Si/c1-4-25(5-2)21(3)11-8-12-22-19(23)17-13-15-9-6-7-10-16(15)14-18(17)20(22)24/h6-7,9-10,13-14,25H,4-5,8,11-12H2,1-3H3. The second-order valence-corrected chi connectivity index (χ2v) is 10.6. The van der Waals surface area contributed by atoms with Crippen LogP contribution >= 0.6 is 0 Å². The van der Waals surface area contributed by atoms with Crippen molar-refractivity contribution in [3.8, 4) is 0 Å². The summed E-state index contributed by atoms with van der Waals surface area (Å²) in [6.45, 7) is 5.97. The average molecular weight is 355 g/mol. The highest BCUT2D eigenvalue weighted by molar-refractivity contribution is 6.55. The van der Waals surface area contributed by atoms with Gasteiger partial charge in [-0.15, -0.1) is 0 Å². The van der Waals surface area contributed by atoms with Crippen molar-refractivity contribution in [2.75, 3.05) is 20.1 Å². The molecule has 0 saturated heterocycles. The van der Waals surface area contributed by atoms with E-state index in [1.165, 1.54) is 17.0 Å². The van der Waals surface area contributed by atoms with E-state index in [9.17, 15) is 9.59 Å². The Morgan fingerprint density at radius 2 is 1.48 bits per heavy atom. The van der Waals surface area contributed by atoms with Crippen molar-refractivity contribution in [1.29, 1.82) is 0 Å². The lowest BCUT2D eigenvalue weighted by Crippen LogP contribution is -2.38. The molecular weight excluding hydrogens is 328 g/mol. The molecule has 0 radical (unpaired) electrons. The van der Waals surface area contributed by atoms with Gasteiger partial charge in [-0.25, -0.2) is 0 Å². The second-order valence-electron chi connectivity index (χ2n) is 6.81. The highest BCUT2D eigenvalue weighted by Gasteiger charge is 2.35. The molecule has 0 aliphatic carbocycles. The maximum absolute atomic E-state index is 12.7. The van der Waals surface area contributed by atoms with Gasteiger partial charge in [-0.1, -0.05) is 38.1 Å². The third-order valence-corrected chi connectivity index (χ3v) is 8.69. The number of nitrogens with zero attached hydrogens (tertiary/aromatic N) is 2. The smallest absolute Gasteiger partial charge is 0.261 e. The molecule has 0 N–H and O–H groups in total. The van der Waals surface area contributed by atoms with Crippen LogP contribution < -0.4 is 0 Å². The van der Waals surface area contributed by atoms with Crippen LogP contribution in [0.1, 0.15) is 41.0 Å². The molecule has 1 heterocycles. The SMILES string of the molecule is CC[SiH](CC)N(C)CCCN1C(=O)c2cc3ccccc3cc2C1=O. The molecule has 5 heteroatoms. The van der Waals surface area contributed by atoms with Gasteiger partial charge in [-0.3, -0.25) is 14.5 Å². The largest absolute Gasteiger partial charge is 0.329 e. The highest BCUT2D eigenvalue weighted by atomic mass is 28.3. The summed E-state index contributed by atoms with van der Waals surface area (Å²) >= 11 is 0. The summed E-state index contributed by atoms with van der Waals surface area (Å²) in [5, 5.41) is 2.01. The number of benzene rings is 2. The minimum atomic E-state index is -0.828. The third-order valence-electron chi connectivity index (χ3n) is 5.30. The zero-order valence-electron chi connectivity index (χ0n) is 15.3. The lowest BCUT2D eigenvalue weighted by atomic mass is 10.0. The van der Waals surface area contributed by atoms with Crippen LogP contribution in [0.25, 0.3) is 10.8 Å². The number of carbonyl (C=O) groups excluding carboxylic acids is 2. The molecule has 0 fully saturated rings. The molecule has 0 spiro atoms. The lowest BCUT2D eigenvalue weighted by Gasteiger charge is -2.25. The number of imide groups is 1. The van der Waals surface area contributed by atoms with Crippen molar-refractivity contribution < 1.29 is 9.59 Å². The Morgan fingerprint density at radius 3 is 1.96 bits per heavy atom. The highest BCUT2D eigenvalue weighted by Crippen LogP contribution is 2.28. The van der Waals surface area contributed by atoms with Gasteiger partial charge in [0.25, 0.3) is 11.8 Å². The Bertz CT molecular complexity index is 747. The zero-order chi connectivity index (χ0) is 18.0. The van der Waals surface area contributed by atoms with Crippen LogP contribution in [-0.4, -0.2) is 50.4 Å². The van der Waals surface area contributed by atoms with Crippen LogP contribution in [0.15, 0.2) is 36.4 Å². The molecule has 3 rings (SSSR count). The molecule has 4 nitrogen and oxygen atoms in total. The van der Waals surface area contributed by atoms with Crippen LogP contribution in [0.3, 0.4) is 0 Å². The number of carbonyl (C=O) groups is 2. The minimum Gasteiger partial charge on any atom is -0.329 e. The summed E-state index contributed by atoms with van der Waals surface area (Å²) in [5.41, 5.74) is 1.10. The molecule has 1 aliphatic rings. The lowest BCUT2D eigenvalue weighted by molar-refractivity contribution is 0.0651. The topological polar surface area (TPSA) is 40.6 Å². The van der Waals surface area contributed by atoms with E-state index in [0.29, 0.717) is 17.7 Å². The maximum atomic E-state index is 12.7.